The zero-order chi connectivity index (χ0) is 17.8. The SMILES string of the molecule is Cc1sc(NC(=O)/C=C/c2ccccc2Cl)nc1-c1ccc(F)cc1. The minimum Gasteiger partial charge on any atom is -0.298 e. The Bertz CT molecular complexity index is 935. The summed E-state index contributed by atoms with van der Waals surface area (Å²) in [7, 11) is 0. The molecule has 25 heavy (non-hydrogen) atoms. The molecule has 0 aliphatic heterocycles. The smallest absolute Gasteiger partial charge is 0.250 e. The molecule has 0 atom stereocenters. The lowest BCUT2D eigenvalue weighted by Gasteiger charge is -1.99. The second kappa shape index (κ2) is 7.59. The van der Waals surface area contributed by atoms with E-state index < -0.39 is 0 Å². The Morgan fingerprint density at radius 2 is 1.92 bits per heavy atom. The molecule has 0 saturated heterocycles. The maximum absolute atomic E-state index is 13.0. The molecule has 0 unspecified atom stereocenters. The van der Waals surface area contributed by atoms with Gasteiger partial charge < -0.3 is 0 Å². The fourth-order valence-electron chi connectivity index (χ4n) is 2.25. The summed E-state index contributed by atoms with van der Waals surface area (Å²) in [6.07, 6.45) is 3.06. The van der Waals surface area contributed by atoms with Crippen molar-refractivity contribution in [2.24, 2.45) is 0 Å². The van der Waals surface area contributed by atoms with E-state index in [2.05, 4.69) is 10.3 Å². The van der Waals surface area contributed by atoms with Crippen molar-refractivity contribution in [3.05, 3.63) is 75.9 Å². The van der Waals surface area contributed by atoms with Gasteiger partial charge in [0.25, 0.3) is 0 Å². The first-order chi connectivity index (χ1) is 12.0. The molecule has 1 heterocycles. The average molecular weight is 373 g/mol. The lowest BCUT2D eigenvalue weighted by atomic mass is 10.1. The third-order valence-electron chi connectivity index (χ3n) is 3.46. The molecule has 126 valence electrons. The van der Waals surface area contributed by atoms with Crippen LogP contribution in [0.2, 0.25) is 5.02 Å². The Hall–Kier alpha value is -2.50. The normalized spacial score (nSPS) is 11.0. The van der Waals surface area contributed by atoms with Crippen LogP contribution in [0.1, 0.15) is 10.4 Å². The molecule has 2 aromatic carbocycles. The molecule has 0 radical (unpaired) electrons. The topological polar surface area (TPSA) is 42.0 Å². The number of carbonyl (C=O) groups excluding carboxylic acids is 1. The largest absolute Gasteiger partial charge is 0.298 e. The summed E-state index contributed by atoms with van der Waals surface area (Å²) in [6, 6.07) is 13.4. The van der Waals surface area contributed by atoms with E-state index in [1.165, 1.54) is 29.5 Å². The number of nitrogens with zero attached hydrogens (tertiary/aromatic N) is 1. The first kappa shape index (κ1) is 17.3. The van der Waals surface area contributed by atoms with Crippen LogP contribution >= 0.6 is 22.9 Å². The van der Waals surface area contributed by atoms with Gasteiger partial charge in [-0.2, -0.15) is 0 Å². The molecule has 0 saturated carbocycles. The zero-order valence-electron chi connectivity index (χ0n) is 13.3. The molecular weight excluding hydrogens is 359 g/mol. The predicted octanol–water partition coefficient (Wildman–Crippen LogP) is 5.56. The van der Waals surface area contributed by atoms with Crippen LogP contribution in [0.25, 0.3) is 17.3 Å². The van der Waals surface area contributed by atoms with Crippen LogP contribution in [0.3, 0.4) is 0 Å². The van der Waals surface area contributed by atoms with Crippen LogP contribution in [0.15, 0.2) is 54.6 Å². The molecule has 1 aromatic heterocycles. The van der Waals surface area contributed by atoms with Crippen molar-refractivity contribution in [2.45, 2.75) is 6.92 Å². The van der Waals surface area contributed by atoms with Gasteiger partial charge in [-0.05, 0) is 48.9 Å². The first-order valence-corrected chi connectivity index (χ1v) is 8.69. The number of benzene rings is 2. The maximum atomic E-state index is 13.0. The Morgan fingerprint density at radius 3 is 2.64 bits per heavy atom. The summed E-state index contributed by atoms with van der Waals surface area (Å²) in [4.78, 5) is 17.4. The summed E-state index contributed by atoms with van der Waals surface area (Å²) in [5.41, 5.74) is 2.30. The predicted molar refractivity (Wildman–Crippen MR) is 101 cm³/mol. The van der Waals surface area contributed by atoms with Crippen molar-refractivity contribution >= 4 is 40.1 Å². The van der Waals surface area contributed by atoms with Gasteiger partial charge in [-0.3, -0.25) is 10.1 Å². The Morgan fingerprint density at radius 1 is 1.20 bits per heavy atom. The van der Waals surface area contributed by atoms with E-state index in [1.54, 1.807) is 24.3 Å². The number of rotatable bonds is 4. The van der Waals surface area contributed by atoms with E-state index in [1.807, 2.05) is 25.1 Å². The third-order valence-corrected chi connectivity index (χ3v) is 4.69. The van der Waals surface area contributed by atoms with Gasteiger partial charge in [0.2, 0.25) is 5.91 Å². The van der Waals surface area contributed by atoms with Gasteiger partial charge in [0, 0.05) is 21.5 Å². The molecule has 6 heteroatoms. The standard InChI is InChI=1S/C19H14ClFN2OS/c1-12-18(14-6-9-15(21)10-7-14)23-19(25-12)22-17(24)11-8-13-4-2-3-5-16(13)20/h2-11H,1H3,(H,22,23,24)/b11-8+. The van der Waals surface area contributed by atoms with Gasteiger partial charge in [0.1, 0.15) is 5.82 Å². The second-order valence-electron chi connectivity index (χ2n) is 5.27. The monoisotopic (exact) mass is 372 g/mol. The van der Waals surface area contributed by atoms with Crippen LogP contribution in [0.5, 0.6) is 0 Å². The van der Waals surface area contributed by atoms with Crippen LogP contribution in [-0.2, 0) is 4.79 Å². The van der Waals surface area contributed by atoms with Gasteiger partial charge in [-0.25, -0.2) is 9.37 Å². The number of hydrogen-bond donors (Lipinski definition) is 1. The summed E-state index contributed by atoms with van der Waals surface area (Å²) in [5.74, 6) is -0.589. The fraction of sp³-hybridized carbons (Fsp3) is 0.0526. The summed E-state index contributed by atoms with van der Waals surface area (Å²) < 4.78 is 13.0. The summed E-state index contributed by atoms with van der Waals surface area (Å²) >= 11 is 7.42. The minimum atomic E-state index is -0.296. The molecule has 0 aliphatic rings. The van der Waals surface area contributed by atoms with Gasteiger partial charge in [0.15, 0.2) is 5.13 Å². The number of carbonyl (C=O) groups is 1. The zero-order valence-corrected chi connectivity index (χ0v) is 14.9. The van der Waals surface area contributed by atoms with Gasteiger partial charge in [0.05, 0.1) is 5.69 Å². The second-order valence-corrected chi connectivity index (χ2v) is 6.89. The number of anilines is 1. The van der Waals surface area contributed by atoms with Crippen LogP contribution in [0, 0.1) is 12.7 Å². The Labute approximate surface area is 153 Å². The number of amides is 1. The van der Waals surface area contributed by atoms with Crippen LogP contribution < -0.4 is 5.32 Å². The first-order valence-electron chi connectivity index (χ1n) is 7.50. The van der Waals surface area contributed by atoms with Gasteiger partial charge in [-0.1, -0.05) is 29.8 Å². The van der Waals surface area contributed by atoms with Crippen molar-refractivity contribution in [1.29, 1.82) is 0 Å². The van der Waals surface area contributed by atoms with Crippen LogP contribution in [0.4, 0.5) is 9.52 Å². The quantitative estimate of drug-likeness (QED) is 0.609. The Kier molecular flexibility index (Phi) is 5.26. The van der Waals surface area contributed by atoms with Crippen molar-refractivity contribution in [2.75, 3.05) is 5.32 Å². The van der Waals surface area contributed by atoms with Crippen molar-refractivity contribution in [3.63, 3.8) is 0 Å². The van der Waals surface area contributed by atoms with Crippen LogP contribution in [-0.4, -0.2) is 10.9 Å². The number of aryl methyl sites for hydroxylation is 1. The third kappa shape index (κ3) is 4.32. The minimum absolute atomic E-state index is 0.292. The summed E-state index contributed by atoms with van der Waals surface area (Å²) in [5, 5.41) is 3.81. The van der Waals surface area contributed by atoms with E-state index in [9.17, 15) is 9.18 Å². The van der Waals surface area contributed by atoms with Crippen molar-refractivity contribution < 1.29 is 9.18 Å². The molecule has 1 amide bonds. The molecule has 0 spiro atoms. The number of halogens is 2. The molecule has 0 aliphatic carbocycles. The highest BCUT2D eigenvalue weighted by molar-refractivity contribution is 7.16. The van der Waals surface area contributed by atoms with Crippen molar-refractivity contribution in [3.8, 4) is 11.3 Å². The highest BCUT2D eigenvalue weighted by atomic mass is 35.5. The van der Waals surface area contributed by atoms with E-state index in [0.29, 0.717) is 10.2 Å². The molecule has 0 fully saturated rings. The lowest BCUT2D eigenvalue weighted by Crippen LogP contribution is -2.07. The van der Waals surface area contributed by atoms with Crippen molar-refractivity contribution in [1.82, 2.24) is 4.98 Å². The molecular formula is C19H14ClFN2OS. The average Bonchev–Trinajstić information content (AvgIpc) is 2.95. The summed E-state index contributed by atoms with van der Waals surface area (Å²) in [6.45, 7) is 1.91. The maximum Gasteiger partial charge on any atom is 0.250 e. The lowest BCUT2D eigenvalue weighted by molar-refractivity contribution is -0.111. The molecule has 3 nitrogen and oxygen atoms in total. The molecule has 0 bridgehead atoms. The fourth-order valence-corrected chi connectivity index (χ4v) is 3.29. The van der Waals surface area contributed by atoms with E-state index in [4.69, 9.17) is 11.6 Å². The van der Waals surface area contributed by atoms with Gasteiger partial charge >= 0.3 is 0 Å². The number of nitrogens with one attached hydrogen (secondary N) is 1. The highest BCUT2D eigenvalue weighted by Crippen LogP contribution is 2.30. The Balaban J connectivity index is 1.73. The number of thiazole rings is 1. The molecule has 3 rings (SSSR count). The van der Waals surface area contributed by atoms with E-state index >= 15 is 0 Å². The van der Waals surface area contributed by atoms with E-state index in [-0.39, 0.29) is 11.7 Å². The van der Waals surface area contributed by atoms with E-state index in [0.717, 1.165) is 21.7 Å². The molecule has 3 aromatic rings. The highest BCUT2D eigenvalue weighted by Gasteiger charge is 2.11. The number of hydrogen-bond acceptors (Lipinski definition) is 3. The number of aromatic nitrogens is 1. The van der Waals surface area contributed by atoms with Gasteiger partial charge in [-0.15, -0.1) is 11.3 Å². The molecule has 1 N–H and O–H groups in total.